The average Bonchev–Trinajstić information content (AvgIpc) is 3.30. The number of nitrogens with two attached hydrogens (primary N) is 1. The first-order valence-corrected chi connectivity index (χ1v) is 9.85. The van der Waals surface area contributed by atoms with Crippen molar-refractivity contribution in [2.45, 2.75) is 18.6 Å². The molecule has 3 N–H and O–H groups in total. The van der Waals surface area contributed by atoms with Crippen molar-refractivity contribution >= 4 is 27.6 Å². The second-order valence-electron chi connectivity index (χ2n) is 6.80. The number of fused-ring (bicyclic) bond motifs is 1. The van der Waals surface area contributed by atoms with E-state index in [0.29, 0.717) is 21.9 Å². The summed E-state index contributed by atoms with van der Waals surface area (Å²) in [6, 6.07) is 7.38. The Hall–Kier alpha value is -3.18. The summed E-state index contributed by atoms with van der Waals surface area (Å²) >= 11 is 1.34. The van der Waals surface area contributed by atoms with Crippen LogP contribution in [0.3, 0.4) is 0 Å². The molecule has 4 aromatic rings. The maximum atomic E-state index is 13.7. The normalized spacial score (nSPS) is 12.9. The van der Waals surface area contributed by atoms with Gasteiger partial charge in [-0.15, -0.1) is 0 Å². The number of nitrogens with zero attached hydrogens (tertiary/aromatic N) is 1. The zero-order valence-electron chi connectivity index (χ0n) is 15.7. The molecule has 0 saturated heterocycles. The number of hydrogen-bond acceptors (Lipinski definition) is 7. The van der Waals surface area contributed by atoms with Gasteiger partial charge in [0.15, 0.2) is 16.3 Å². The quantitative estimate of drug-likeness (QED) is 0.413. The number of hydrogen-bond donors (Lipinski definition) is 2. The molecule has 2 aromatic carbocycles. The third kappa shape index (κ3) is 4.78. The van der Waals surface area contributed by atoms with Crippen molar-refractivity contribution in [2.75, 3.05) is 11.9 Å². The molecule has 0 bridgehead atoms. The van der Waals surface area contributed by atoms with Crippen LogP contribution in [0, 0.1) is 5.82 Å². The molecule has 31 heavy (non-hydrogen) atoms. The number of nitrogens with one attached hydrogen (secondary N) is 1. The van der Waals surface area contributed by atoms with E-state index in [1.54, 1.807) is 24.4 Å². The molecule has 0 aliphatic rings. The predicted octanol–water partition coefficient (Wildman–Crippen LogP) is 4.65. The fourth-order valence-corrected chi connectivity index (χ4v) is 3.84. The van der Waals surface area contributed by atoms with E-state index in [1.165, 1.54) is 17.4 Å². The van der Waals surface area contributed by atoms with Crippen LogP contribution in [-0.2, 0) is 12.6 Å². The maximum absolute atomic E-state index is 13.7. The molecular formula is C20H15F4N3O3S. The molecule has 0 aliphatic carbocycles. The number of rotatable bonds is 6. The van der Waals surface area contributed by atoms with Gasteiger partial charge in [-0.25, -0.2) is 14.2 Å². The molecule has 0 amide bonds. The Kier molecular flexibility index (Phi) is 5.54. The molecule has 162 valence electrons. The highest BCUT2D eigenvalue weighted by molar-refractivity contribution is 7.18. The van der Waals surface area contributed by atoms with Crippen LogP contribution in [0.5, 0.6) is 0 Å². The van der Waals surface area contributed by atoms with E-state index in [1.807, 2.05) is 0 Å². The second kappa shape index (κ2) is 8.16. The van der Waals surface area contributed by atoms with E-state index in [0.717, 1.165) is 22.6 Å². The lowest BCUT2D eigenvalue weighted by Crippen LogP contribution is -2.31. The van der Waals surface area contributed by atoms with Crippen LogP contribution in [0.15, 0.2) is 56.2 Å². The first kappa shape index (κ1) is 21.1. The smallest absolute Gasteiger partial charge is 0.391 e. The number of aromatic nitrogens is 1. The Morgan fingerprint density at radius 2 is 1.90 bits per heavy atom. The highest BCUT2D eigenvalue weighted by Crippen LogP contribution is 2.32. The monoisotopic (exact) mass is 453 g/mol. The molecular weight excluding hydrogens is 438 g/mol. The standard InChI is InChI=1S/C20H15F4N3O3S/c21-14-6-10(1-3-13(14)20(22,23)24)5-12(25)8-26-18-27-9-17(31-18)11-2-4-15-16(7-11)30-19(28)29-15/h1-4,6-7,9,12H,5,8,25H2,(H,26,27). The summed E-state index contributed by atoms with van der Waals surface area (Å²) in [5.41, 5.74) is 6.56. The number of anilines is 1. The van der Waals surface area contributed by atoms with Gasteiger partial charge in [0.2, 0.25) is 0 Å². The van der Waals surface area contributed by atoms with Crippen LogP contribution in [0.1, 0.15) is 11.1 Å². The third-order valence-electron chi connectivity index (χ3n) is 4.47. The third-order valence-corrected chi connectivity index (χ3v) is 5.48. The second-order valence-corrected chi connectivity index (χ2v) is 7.83. The average molecular weight is 453 g/mol. The van der Waals surface area contributed by atoms with Gasteiger partial charge in [0.25, 0.3) is 0 Å². The Morgan fingerprint density at radius 1 is 1.13 bits per heavy atom. The summed E-state index contributed by atoms with van der Waals surface area (Å²) in [4.78, 5) is 16.2. The molecule has 1 atom stereocenters. The first-order chi connectivity index (χ1) is 14.7. The van der Waals surface area contributed by atoms with Gasteiger partial charge >= 0.3 is 12.0 Å². The zero-order valence-corrected chi connectivity index (χ0v) is 16.5. The van der Waals surface area contributed by atoms with Crippen LogP contribution in [0.25, 0.3) is 21.6 Å². The molecule has 0 fully saturated rings. The van der Waals surface area contributed by atoms with E-state index in [2.05, 4.69) is 10.3 Å². The molecule has 11 heteroatoms. The minimum atomic E-state index is -4.73. The lowest BCUT2D eigenvalue weighted by molar-refractivity contribution is -0.140. The van der Waals surface area contributed by atoms with Gasteiger partial charge in [0, 0.05) is 18.8 Å². The van der Waals surface area contributed by atoms with Gasteiger partial charge < -0.3 is 19.9 Å². The molecule has 4 rings (SSSR count). The van der Waals surface area contributed by atoms with Gasteiger partial charge in [-0.2, -0.15) is 13.2 Å². The van der Waals surface area contributed by atoms with E-state index in [4.69, 9.17) is 14.6 Å². The Morgan fingerprint density at radius 3 is 2.65 bits per heavy atom. The summed E-state index contributed by atoms with van der Waals surface area (Å²) in [5.74, 6) is -2.10. The fourth-order valence-electron chi connectivity index (χ4n) is 3.02. The zero-order chi connectivity index (χ0) is 22.2. The fraction of sp³-hybridized carbons (Fsp3) is 0.200. The van der Waals surface area contributed by atoms with Crippen molar-refractivity contribution in [3.63, 3.8) is 0 Å². The van der Waals surface area contributed by atoms with Crippen LogP contribution in [0.2, 0.25) is 0 Å². The van der Waals surface area contributed by atoms with Gasteiger partial charge in [-0.3, -0.25) is 0 Å². The largest absolute Gasteiger partial charge is 0.519 e. The number of alkyl halides is 3. The van der Waals surface area contributed by atoms with Gasteiger partial charge in [0.05, 0.1) is 10.4 Å². The molecule has 1 unspecified atom stereocenters. The van der Waals surface area contributed by atoms with E-state index < -0.39 is 29.4 Å². The molecule has 0 aliphatic heterocycles. The lowest BCUT2D eigenvalue weighted by Gasteiger charge is -2.14. The highest BCUT2D eigenvalue weighted by atomic mass is 32.1. The Labute approximate surface area is 176 Å². The molecule has 0 saturated carbocycles. The van der Waals surface area contributed by atoms with Crippen LogP contribution in [0.4, 0.5) is 22.7 Å². The van der Waals surface area contributed by atoms with E-state index >= 15 is 0 Å². The van der Waals surface area contributed by atoms with Crippen molar-refractivity contribution in [1.82, 2.24) is 4.98 Å². The summed E-state index contributed by atoms with van der Waals surface area (Å²) in [7, 11) is 0. The minimum absolute atomic E-state index is 0.191. The van der Waals surface area contributed by atoms with Gasteiger partial charge in [-0.05, 0) is 47.9 Å². The summed E-state index contributed by atoms with van der Waals surface area (Å²) in [6.45, 7) is 0.283. The highest BCUT2D eigenvalue weighted by Gasteiger charge is 2.33. The van der Waals surface area contributed by atoms with Gasteiger partial charge in [0.1, 0.15) is 5.82 Å². The molecule has 2 heterocycles. The van der Waals surface area contributed by atoms with Crippen LogP contribution >= 0.6 is 11.3 Å². The summed E-state index contributed by atoms with van der Waals surface area (Å²) < 4.78 is 61.5. The van der Waals surface area contributed by atoms with E-state index in [9.17, 15) is 22.4 Å². The molecule has 6 nitrogen and oxygen atoms in total. The Balaban J connectivity index is 1.38. The molecule has 0 radical (unpaired) electrons. The lowest BCUT2D eigenvalue weighted by atomic mass is 10.0. The number of benzene rings is 2. The first-order valence-electron chi connectivity index (χ1n) is 9.04. The van der Waals surface area contributed by atoms with Crippen molar-refractivity contribution < 1.29 is 26.4 Å². The van der Waals surface area contributed by atoms with Crippen molar-refractivity contribution in [3.8, 4) is 10.4 Å². The van der Waals surface area contributed by atoms with Crippen molar-refractivity contribution in [1.29, 1.82) is 0 Å². The van der Waals surface area contributed by atoms with Crippen LogP contribution < -0.4 is 16.9 Å². The summed E-state index contributed by atoms with van der Waals surface area (Å²) in [5, 5.41) is 3.64. The molecule has 0 spiro atoms. The molecule has 2 aromatic heterocycles. The summed E-state index contributed by atoms with van der Waals surface area (Å²) in [6.07, 6.45) is -2.90. The topological polar surface area (TPSA) is 94.3 Å². The van der Waals surface area contributed by atoms with Crippen molar-refractivity contribution in [3.05, 3.63) is 70.2 Å². The maximum Gasteiger partial charge on any atom is 0.519 e. The number of halogens is 4. The van der Waals surface area contributed by atoms with E-state index in [-0.39, 0.29) is 13.0 Å². The van der Waals surface area contributed by atoms with Gasteiger partial charge in [-0.1, -0.05) is 17.4 Å². The SMILES string of the molecule is NC(CNc1ncc(-c2ccc3oc(=O)oc3c2)s1)Cc1ccc(C(F)(F)F)c(F)c1. The predicted molar refractivity (Wildman–Crippen MR) is 107 cm³/mol. The van der Waals surface area contributed by atoms with Crippen molar-refractivity contribution in [2.24, 2.45) is 5.73 Å². The minimum Gasteiger partial charge on any atom is -0.391 e. The Bertz CT molecular complexity index is 1280. The number of thiazole rings is 1. The van der Waals surface area contributed by atoms with Crippen LogP contribution in [-0.4, -0.2) is 17.6 Å².